The van der Waals surface area contributed by atoms with Gasteiger partial charge in [0.25, 0.3) is 0 Å². The second kappa shape index (κ2) is 5.27. The summed E-state index contributed by atoms with van der Waals surface area (Å²) in [5.74, 6) is 0. The van der Waals surface area contributed by atoms with Gasteiger partial charge in [0.1, 0.15) is 0 Å². The molecule has 72 valence electrons. The molecule has 4 nitrogen and oxygen atoms in total. The highest BCUT2D eigenvalue weighted by atomic mass is 35.5. The lowest BCUT2D eigenvalue weighted by molar-refractivity contribution is -0.111. The van der Waals surface area contributed by atoms with Crippen LogP contribution in [0.3, 0.4) is 0 Å². The number of nitrogens with zero attached hydrogens (tertiary/aromatic N) is 3. The quantitative estimate of drug-likeness (QED) is 0.325. The number of carbonyl (C=O) groups excluding carboxylic acids is 1. The normalized spacial score (nSPS) is 9.21. The first-order chi connectivity index (χ1) is 6.74. The predicted molar refractivity (Wildman–Crippen MR) is 53.9 cm³/mol. The summed E-state index contributed by atoms with van der Waals surface area (Å²) in [5.41, 5.74) is 9.80. The molecule has 0 unspecified atom stereocenters. The van der Waals surface area contributed by atoms with Gasteiger partial charge in [0, 0.05) is 11.3 Å². The lowest BCUT2D eigenvalue weighted by Crippen LogP contribution is -1.97. The molecule has 0 aliphatic rings. The molecule has 0 fully saturated rings. The monoisotopic (exact) mass is 209 g/mol. The Bertz CT molecular complexity index is 362. The zero-order valence-corrected chi connectivity index (χ0v) is 8.11. The van der Waals surface area contributed by atoms with Crippen molar-refractivity contribution in [3.05, 3.63) is 45.8 Å². The summed E-state index contributed by atoms with van der Waals surface area (Å²) in [6, 6.07) is 7.24. The molecule has 0 N–H and O–H groups in total. The largest absolute Gasteiger partial charge is 0.281 e. The third kappa shape index (κ3) is 3.09. The van der Waals surface area contributed by atoms with E-state index >= 15 is 0 Å². The minimum Gasteiger partial charge on any atom is -0.281 e. The Hall–Kier alpha value is -1.51. The van der Waals surface area contributed by atoms with Crippen LogP contribution in [0.2, 0.25) is 0 Å². The van der Waals surface area contributed by atoms with Gasteiger partial charge < -0.3 is 0 Å². The molecule has 0 aliphatic carbocycles. The maximum Gasteiger partial charge on any atom is 0.226 e. The van der Waals surface area contributed by atoms with Crippen molar-refractivity contribution in [3.8, 4) is 0 Å². The molecule has 0 heterocycles. The number of azide groups is 1. The summed E-state index contributed by atoms with van der Waals surface area (Å²) in [4.78, 5) is 13.4. The van der Waals surface area contributed by atoms with E-state index in [1.807, 2.05) is 18.2 Å². The van der Waals surface area contributed by atoms with Crippen molar-refractivity contribution in [2.24, 2.45) is 5.11 Å². The Morgan fingerprint density at radius 1 is 1.43 bits per heavy atom. The van der Waals surface area contributed by atoms with Crippen molar-refractivity contribution >= 4 is 16.8 Å². The smallest absolute Gasteiger partial charge is 0.226 e. The van der Waals surface area contributed by atoms with Crippen LogP contribution in [0.1, 0.15) is 11.1 Å². The van der Waals surface area contributed by atoms with Gasteiger partial charge in [0.15, 0.2) is 0 Å². The van der Waals surface area contributed by atoms with Crippen LogP contribution in [0.25, 0.3) is 10.4 Å². The van der Waals surface area contributed by atoms with E-state index < -0.39 is 5.24 Å². The van der Waals surface area contributed by atoms with Crippen molar-refractivity contribution in [2.45, 2.75) is 13.0 Å². The van der Waals surface area contributed by atoms with Crippen LogP contribution in [-0.2, 0) is 17.8 Å². The van der Waals surface area contributed by atoms with E-state index in [1.54, 1.807) is 6.07 Å². The summed E-state index contributed by atoms with van der Waals surface area (Å²) >= 11 is 5.28. The fraction of sp³-hybridized carbons (Fsp3) is 0.222. The summed E-state index contributed by atoms with van der Waals surface area (Å²) in [7, 11) is 0. The first kappa shape index (κ1) is 10.6. The maximum atomic E-state index is 10.7. The average molecular weight is 210 g/mol. The van der Waals surface area contributed by atoms with E-state index in [1.165, 1.54) is 0 Å². The van der Waals surface area contributed by atoms with Crippen LogP contribution in [0.15, 0.2) is 29.4 Å². The Morgan fingerprint density at radius 3 is 2.64 bits per heavy atom. The number of hydrogen-bond acceptors (Lipinski definition) is 2. The molecule has 0 bridgehead atoms. The topological polar surface area (TPSA) is 65.8 Å². The SMILES string of the molecule is [N-]=[N+]=NCc1ccccc1CC(=O)Cl. The molecule has 0 saturated heterocycles. The Balaban J connectivity index is 2.90. The van der Waals surface area contributed by atoms with Crippen molar-refractivity contribution in [2.75, 3.05) is 0 Å². The van der Waals surface area contributed by atoms with E-state index in [0.717, 1.165) is 11.1 Å². The van der Waals surface area contributed by atoms with E-state index in [2.05, 4.69) is 10.0 Å². The van der Waals surface area contributed by atoms with Gasteiger partial charge in [-0.2, -0.15) is 0 Å². The van der Waals surface area contributed by atoms with Crippen molar-refractivity contribution in [1.29, 1.82) is 0 Å². The van der Waals surface area contributed by atoms with Gasteiger partial charge in [0.2, 0.25) is 5.24 Å². The second-order valence-electron chi connectivity index (χ2n) is 2.69. The van der Waals surface area contributed by atoms with E-state index in [-0.39, 0.29) is 13.0 Å². The number of halogens is 1. The first-order valence-corrected chi connectivity index (χ1v) is 4.38. The number of hydrogen-bond donors (Lipinski definition) is 0. The standard InChI is InChI=1S/C9H8ClN3O/c10-9(14)5-7-3-1-2-4-8(7)6-12-13-11/h1-4H,5-6H2. The lowest BCUT2D eigenvalue weighted by Gasteiger charge is -2.03. The number of carbonyl (C=O) groups is 1. The summed E-state index contributed by atoms with van der Waals surface area (Å²) in [5, 5.41) is 3.02. The Kier molecular flexibility index (Phi) is 3.98. The third-order valence-electron chi connectivity index (χ3n) is 1.75. The Labute approximate surface area is 86.1 Å². The van der Waals surface area contributed by atoms with Crippen molar-refractivity contribution in [1.82, 2.24) is 0 Å². The highest BCUT2D eigenvalue weighted by molar-refractivity contribution is 6.63. The van der Waals surface area contributed by atoms with Gasteiger partial charge in [-0.25, -0.2) is 0 Å². The van der Waals surface area contributed by atoms with E-state index in [4.69, 9.17) is 17.1 Å². The molecule has 5 heteroatoms. The second-order valence-corrected chi connectivity index (χ2v) is 3.11. The van der Waals surface area contributed by atoms with Gasteiger partial charge in [-0.3, -0.25) is 4.79 Å². The summed E-state index contributed by atoms with van der Waals surface area (Å²) < 4.78 is 0. The minimum atomic E-state index is -0.418. The van der Waals surface area contributed by atoms with Crippen LogP contribution in [0.4, 0.5) is 0 Å². The number of rotatable bonds is 4. The Morgan fingerprint density at radius 2 is 2.07 bits per heavy atom. The van der Waals surface area contributed by atoms with Gasteiger partial charge in [-0.05, 0) is 28.3 Å². The highest BCUT2D eigenvalue weighted by Crippen LogP contribution is 2.12. The van der Waals surface area contributed by atoms with Crippen LogP contribution >= 0.6 is 11.6 Å². The molecule has 0 aliphatic heterocycles. The van der Waals surface area contributed by atoms with Crippen LogP contribution < -0.4 is 0 Å². The summed E-state index contributed by atoms with van der Waals surface area (Å²) in [6.45, 7) is 0.247. The lowest BCUT2D eigenvalue weighted by atomic mass is 10.1. The molecule has 1 aromatic carbocycles. The zero-order chi connectivity index (χ0) is 10.4. The van der Waals surface area contributed by atoms with E-state index in [0.29, 0.717) is 0 Å². The van der Waals surface area contributed by atoms with Crippen molar-refractivity contribution in [3.63, 3.8) is 0 Å². The molecule has 0 radical (unpaired) electrons. The molecule has 0 atom stereocenters. The molecule has 14 heavy (non-hydrogen) atoms. The molecule has 0 aromatic heterocycles. The fourth-order valence-corrected chi connectivity index (χ4v) is 1.29. The predicted octanol–water partition coefficient (Wildman–Crippen LogP) is 2.80. The van der Waals surface area contributed by atoms with Crippen LogP contribution in [0.5, 0.6) is 0 Å². The molecule has 1 rings (SSSR count). The molecule has 0 spiro atoms. The van der Waals surface area contributed by atoms with E-state index in [9.17, 15) is 4.79 Å². The number of benzene rings is 1. The average Bonchev–Trinajstić information content (AvgIpc) is 2.16. The summed E-state index contributed by atoms with van der Waals surface area (Å²) in [6.07, 6.45) is 0.165. The fourth-order valence-electron chi connectivity index (χ4n) is 1.14. The van der Waals surface area contributed by atoms with Gasteiger partial charge in [-0.15, -0.1) is 0 Å². The van der Waals surface area contributed by atoms with Gasteiger partial charge in [0.05, 0.1) is 6.54 Å². The van der Waals surface area contributed by atoms with Crippen LogP contribution in [0, 0.1) is 0 Å². The molecule has 0 saturated carbocycles. The molecular weight excluding hydrogens is 202 g/mol. The molecule has 1 aromatic rings. The van der Waals surface area contributed by atoms with Gasteiger partial charge >= 0.3 is 0 Å². The highest BCUT2D eigenvalue weighted by Gasteiger charge is 2.04. The van der Waals surface area contributed by atoms with Gasteiger partial charge in [-0.1, -0.05) is 29.4 Å². The molecule has 0 amide bonds. The minimum absolute atomic E-state index is 0.165. The molecular formula is C9H8ClN3O. The van der Waals surface area contributed by atoms with Crippen molar-refractivity contribution < 1.29 is 4.79 Å². The first-order valence-electron chi connectivity index (χ1n) is 4.00. The zero-order valence-electron chi connectivity index (χ0n) is 7.35. The van der Waals surface area contributed by atoms with Crippen LogP contribution in [-0.4, -0.2) is 5.24 Å². The maximum absolute atomic E-state index is 10.7. The third-order valence-corrected chi connectivity index (χ3v) is 1.89.